The molecule has 2 N–H and O–H groups in total. The van der Waals surface area contributed by atoms with Gasteiger partial charge in [0.15, 0.2) is 5.65 Å². The van der Waals surface area contributed by atoms with Gasteiger partial charge in [0.25, 0.3) is 0 Å². The van der Waals surface area contributed by atoms with E-state index in [2.05, 4.69) is 9.97 Å². The minimum Gasteiger partial charge on any atom is -0.368 e. The van der Waals surface area contributed by atoms with Gasteiger partial charge < -0.3 is 10.3 Å². The summed E-state index contributed by atoms with van der Waals surface area (Å²) in [5.74, 6) is 0.394. The molecule has 0 spiro atoms. The average molecular weight is 239 g/mol. The van der Waals surface area contributed by atoms with Crippen molar-refractivity contribution < 1.29 is 4.79 Å². The Balaban J connectivity index is 2.65. The SMILES string of the molecule is Cc1ccc2nc(CCl)n(CC(N)=O)c2n1. The second-order valence-electron chi connectivity index (χ2n) is 3.51. The number of carbonyl (C=O) groups excluding carboxylic acids is 1. The first kappa shape index (κ1) is 10.9. The maximum Gasteiger partial charge on any atom is 0.237 e. The molecule has 6 heteroatoms. The lowest BCUT2D eigenvalue weighted by Crippen LogP contribution is -2.20. The molecule has 0 aromatic carbocycles. The van der Waals surface area contributed by atoms with Crippen LogP contribution < -0.4 is 5.73 Å². The predicted molar refractivity (Wildman–Crippen MR) is 61.0 cm³/mol. The van der Waals surface area contributed by atoms with Gasteiger partial charge in [-0.15, -0.1) is 11.6 Å². The van der Waals surface area contributed by atoms with Gasteiger partial charge in [-0.3, -0.25) is 4.79 Å². The molecule has 0 atom stereocenters. The van der Waals surface area contributed by atoms with Crippen molar-refractivity contribution >= 4 is 28.7 Å². The highest BCUT2D eigenvalue weighted by Crippen LogP contribution is 2.16. The zero-order valence-electron chi connectivity index (χ0n) is 8.77. The summed E-state index contributed by atoms with van der Waals surface area (Å²) >= 11 is 5.76. The Morgan fingerprint density at radius 2 is 2.25 bits per heavy atom. The molecule has 0 aliphatic heterocycles. The van der Waals surface area contributed by atoms with Crippen molar-refractivity contribution in [3.05, 3.63) is 23.7 Å². The number of aryl methyl sites for hydroxylation is 1. The summed E-state index contributed by atoms with van der Waals surface area (Å²) in [5, 5.41) is 0. The third kappa shape index (κ3) is 1.86. The normalized spacial score (nSPS) is 10.9. The van der Waals surface area contributed by atoms with Crippen LogP contribution in [0.4, 0.5) is 0 Å². The summed E-state index contributed by atoms with van der Waals surface area (Å²) in [7, 11) is 0. The average Bonchev–Trinajstić information content (AvgIpc) is 2.56. The van der Waals surface area contributed by atoms with Gasteiger partial charge >= 0.3 is 0 Å². The third-order valence-corrected chi connectivity index (χ3v) is 2.48. The molecule has 0 fully saturated rings. The number of halogens is 1. The summed E-state index contributed by atoms with van der Waals surface area (Å²) in [5.41, 5.74) is 7.41. The minimum absolute atomic E-state index is 0.0506. The number of alkyl halides is 1. The summed E-state index contributed by atoms with van der Waals surface area (Å²) in [6.45, 7) is 1.93. The number of primary amides is 1. The number of aromatic nitrogens is 3. The minimum atomic E-state index is -0.436. The van der Waals surface area contributed by atoms with E-state index in [1.807, 2.05) is 19.1 Å². The lowest BCUT2D eigenvalue weighted by atomic mass is 10.3. The highest BCUT2D eigenvalue weighted by Gasteiger charge is 2.12. The summed E-state index contributed by atoms with van der Waals surface area (Å²) in [6.07, 6.45) is 0. The Labute approximate surface area is 97.2 Å². The lowest BCUT2D eigenvalue weighted by Gasteiger charge is -2.03. The highest BCUT2D eigenvalue weighted by molar-refractivity contribution is 6.16. The molecular formula is C10H11ClN4O. The molecule has 0 radical (unpaired) electrons. The molecule has 0 bridgehead atoms. The van der Waals surface area contributed by atoms with Crippen molar-refractivity contribution in [3.8, 4) is 0 Å². The first-order valence-corrected chi connectivity index (χ1v) is 5.32. The third-order valence-electron chi connectivity index (χ3n) is 2.24. The second-order valence-corrected chi connectivity index (χ2v) is 3.78. The van der Waals surface area contributed by atoms with Crippen molar-refractivity contribution in [2.24, 2.45) is 5.73 Å². The summed E-state index contributed by atoms with van der Waals surface area (Å²) in [4.78, 5) is 19.6. The summed E-state index contributed by atoms with van der Waals surface area (Å²) < 4.78 is 1.65. The predicted octanol–water partition coefficient (Wildman–Crippen LogP) is 0.964. The smallest absolute Gasteiger partial charge is 0.237 e. The van der Waals surface area contributed by atoms with Crippen molar-refractivity contribution in [1.82, 2.24) is 14.5 Å². The van der Waals surface area contributed by atoms with Crippen LogP contribution in [-0.4, -0.2) is 20.4 Å². The number of pyridine rings is 1. The summed E-state index contributed by atoms with van der Waals surface area (Å²) in [6, 6.07) is 3.72. The zero-order chi connectivity index (χ0) is 11.7. The Bertz CT molecular complexity index is 549. The molecule has 2 aromatic heterocycles. The molecule has 5 nitrogen and oxygen atoms in total. The molecular weight excluding hydrogens is 228 g/mol. The first-order chi connectivity index (χ1) is 7.61. The van der Waals surface area contributed by atoms with Gasteiger partial charge in [0, 0.05) is 5.69 Å². The maximum absolute atomic E-state index is 11.0. The number of hydrogen-bond acceptors (Lipinski definition) is 3. The molecule has 84 valence electrons. The van der Waals surface area contributed by atoms with Gasteiger partial charge in [-0.1, -0.05) is 0 Å². The number of fused-ring (bicyclic) bond motifs is 1. The van der Waals surface area contributed by atoms with E-state index >= 15 is 0 Å². The van der Waals surface area contributed by atoms with Gasteiger partial charge in [0.05, 0.1) is 5.88 Å². The van der Waals surface area contributed by atoms with Crippen LogP contribution in [0.2, 0.25) is 0 Å². The fourth-order valence-corrected chi connectivity index (χ4v) is 1.77. The van der Waals surface area contributed by atoms with Crippen LogP contribution in [0.3, 0.4) is 0 Å². The van der Waals surface area contributed by atoms with Crippen LogP contribution >= 0.6 is 11.6 Å². The van der Waals surface area contributed by atoms with E-state index in [9.17, 15) is 4.79 Å². The van der Waals surface area contributed by atoms with Crippen LogP contribution in [0.1, 0.15) is 11.5 Å². The largest absolute Gasteiger partial charge is 0.368 e. The molecule has 2 aromatic rings. The van der Waals surface area contributed by atoms with E-state index in [4.69, 9.17) is 17.3 Å². The van der Waals surface area contributed by atoms with E-state index in [0.29, 0.717) is 11.5 Å². The van der Waals surface area contributed by atoms with Gasteiger partial charge in [-0.2, -0.15) is 0 Å². The zero-order valence-corrected chi connectivity index (χ0v) is 9.53. The standard InChI is InChI=1S/C10H11ClN4O/c1-6-2-3-7-10(13-6)15(5-8(12)16)9(4-11)14-7/h2-3H,4-5H2,1H3,(H2,12,16). The Morgan fingerprint density at radius 1 is 1.50 bits per heavy atom. The number of hydrogen-bond donors (Lipinski definition) is 1. The number of imidazole rings is 1. The van der Waals surface area contributed by atoms with Gasteiger partial charge in [-0.25, -0.2) is 9.97 Å². The molecule has 0 saturated carbocycles. The maximum atomic E-state index is 11.0. The van der Waals surface area contributed by atoms with Gasteiger partial charge in [-0.05, 0) is 19.1 Å². The molecule has 0 aliphatic rings. The lowest BCUT2D eigenvalue weighted by molar-refractivity contribution is -0.118. The molecule has 16 heavy (non-hydrogen) atoms. The number of nitrogens with two attached hydrogens (primary N) is 1. The number of carbonyl (C=O) groups is 1. The van der Waals surface area contributed by atoms with Crippen LogP contribution in [0, 0.1) is 6.92 Å². The van der Waals surface area contributed by atoms with E-state index < -0.39 is 5.91 Å². The van der Waals surface area contributed by atoms with Crippen molar-refractivity contribution in [1.29, 1.82) is 0 Å². The van der Waals surface area contributed by atoms with Gasteiger partial charge in [0.1, 0.15) is 17.9 Å². The first-order valence-electron chi connectivity index (χ1n) is 4.79. The second kappa shape index (κ2) is 4.09. The number of amides is 1. The van der Waals surface area contributed by atoms with Crippen LogP contribution in [-0.2, 0) is 17.2 Å². The van der Waals surface area contributed by atoms with Crippen LogP contribution in [0.5, 0.6) is 0 Å². The van der Waals surface area contributed by atoms with Crippen molar-refractivity contribution in [3.63, 3.8) is 0 Å². The van der Waals surface area contributed by atoms with Crippen LogP contribution in [0.25, 0.3) is 11.2 Å². The number of nitrogens with zero attached hydrogens (tertiary/aromatic N) is 3. The molecule has 1 amide bonds. The molecule has 0 unspecified atom stereocenters. The van der Waals surface area contributed by atoms with E-state index in [1.54, 1.807) is 4.57 Å². The molecule has 2 rings (SSSR count). The molecule has 2 heterocycles. The molecule has 0 saturated heterocycles. The molecule has 0 aliphatic carbocycles. The van der Waals surface area contributed by atoms with E-state index in [0.717, 1.165) is 11.2 Å². The van der Waals surface area contributed by atoms with E-state index in [1.165, 1.54) is 0 Å². The number of rotatable bonds is 3. The van der Waals surface area contributed by atoms with Gasteiger partial charge in [0.2, 0.25) is 5.91 Å². The quantitative estimate of drug-likeness (QED) is 0.810. The van der Waals surface area contributed by atoms with E-state index in [-0.39, 0.29) is 12.4 Å². The highest BCUT2D eigenvalue weighted by atomic mass is 35.5. The van der Waals surface area contributed by atoms with Crippen molar-refractivity contribution in [2.75, 3.05) is 0 Å². The topological polar surface area (TPSA) is 73.8 Å². The Kier molecular flexibility index (Phi) is 2.78. The fourth-order valence-electron chi connectivity index (χ4n) is 1.57. The Morgan fingerprint density at radius 3 is 2.88 bits per heavy atom. The Hall–Kier alpha value is -1.62. The fraction of sp³-hybridized carbons (Fsp3) is 0.300. The monoisotopic (exact) mass is 238 g/mol. The van der Waals surface area contributed by atoms with Crippen molar-refractivity contribution in [2.45, 2.75) is 19.3 Å². The van der Waals surface area contributed by atoms with Crippen LogP contribution in [0.15, 0.2) is 12.1 Å².